The van der Waals surface area contributed by atoms with Crippen LogP contribution in [-0.2, 0) is 0 Å². The monoisotopic (exact) mass is 612 g/mol. The van der Waals surface area contributed by atoms with Crippen LogP contribution in [0.2, 0.25) is 0 Å². The molecule has 1 aliphatic rings. The fraction of sp³-hybridized carbons (Fsp3) is 0.343. The zero-order chi connectivity index (χ0) is 31.9. The average Bonchev–Trinajstić information content (AvgIpc) is 3.59. The first-order chi connectivity index (χ1) is 21.8. The number of carbonyl (C=O) groups is 2. The van der Waals surface area contributed by atoms with E-state index >= 15 is 0 Å². The van der Waals surface area contributed by atoms with Crippen LogP contribution in [0.5, 0.6) is 5.88 Å². The number of anilines is 1. The molecule has 45 heavy (non-hydrogen) atoms. The number of pyridine rings is 1. The van der Waals surface area contributed by atoms with Gasteiger partial charge in [0.05, 0.1) is 23.4 Å². The molecule has 2 amide bonds. The molecule has 1 aliphatic heterocycles. The van der Waals surface area contributed by atoms with E-state index in [0.717, 1.165) is 23.2 Å². The summed E-state index contributed by atoms with van der Waals surface area (Å²) in [4.78, 5) is 38.1. The lowest BCUT2D eigenvalue weighted by molar-refractivity contribution is 0.0720. The van der Waals surface area contributed by atoms with Crippen LogP contribution in [0.25, 0.3) is 16.8 Å². The molecule has 0 saturated carbocycles. The fourth-order valence-corrected chi connectivity index (χ4v) is 5.76. The standard InChI is InChI=1S/C35H41FN6O3/c1-5-27-24-41(35(44)29-13-12-26(36)23-32(29)40-17-7-8-18-40)20-21-42(27)31-14-11-25(28-10-9-15-38-34(28)45-6-2)22-30(31)33(43)37-16-19-39(3)4/h7-15,17-18,22-23,27H,5-6,16,19-21,24H2,1-4H3,(H,37,43)/t27-/m1/s1. The number of hydrogen-bond acceptors (Lipinski definition) is 6. The van der Waals surface area contributed by atoms with Gasteiger partial charge in [0.15, 0.2) is 0 Å². The number of benzene rings is 2. The summed E-state index contributed by atoms with van der Waals surface area (Å²) < 4.78 is 21.8. The van der Waals surface area contributed by atoms with Gasteiger partial charge in [0.25, 0.3) is 11.8 Å². The maximum atomic E-state index is 14.2. The van der Waals surface area contributed by atoms with Crippen LogP contribution in [0.1, 0.15) is 41.0 Å². The highest BCUT2D eigenvalue weighted by Gasteiger charge is 2.32. The molecule has 0 spiro atoms. The Bertz CT molecular complexity index is 1620. The minimum atomic E-state index is -0.397. The summed E-state index contributed by atoms with van der Waals surface area (Å²) >= 11 is 0. The van der Waals surface area contributed by atoms with Gasteiger partial charge in [-0.1, -0.05) is 13.0 Å². The Hall–Kier alpha value is -4.70. The molecule has 0 bridgehead atoms. The van der Waals surface area contributed by atoms with Crippen molar-refractivity contribution < 1.29 is 18.7 Å². The summed E-state index contributed by atoms with van der Waals surface area (Å²) in [7, 11) is 3.94. The average molecular weight is 613 g/mol. The van der Waals surface area contributed by atoms with E-state index in [0.29, 0.717) is 62.0 Å². The zero-order valence-electron chi connectivity index (χ0n) is 26.4. The number of hydrogen-bond donors (Lipinski definition) is 1. The van der Waals surface area contributed by atoms with Crippen molar-refractivity contribution in [1.29, 1.82) is 0 Å². The molecular weight excluding hydrogens is 571 g/mol. The molecule has 10 heteroatoms. The summed E-state index contributed by atoms with van der Waals surface area (Å²) in [5.41, 5.74) is 3.98. The number of nitrogens with zero attached hydrogens (tertiary/aromatic N) is 5. The Labute approximate surface area is 264 Å². The van der Waals surface area contributed by atoms with Crippen molar-refractivity contribution in [2.24, 2.45) is 0 Å². The highest BCUT2D eigenvalue weighted by Crippen LogP contribution is 2.34. The van der Waals surface area contributed by atoms with Gasteiger partial charge in [0.2, 0.25) is 5.88 Å². The zero-order valence-corrected chi connectivity index (χ0v) is 26.4. The van der Waals surface area contributed by atoms with Crippen molar-refractivity contribution >= 4 is 17.5 Å². The molecule has 3 heterocycles. The topological polar surface area (TPSA) is 82.9 Å². The molecule has 9 nitrogen and oxygen atoms in total. The van der Waals surface area contributed by atoms with Crippen LogP contribution in [0, 0.1) is 5.82 Å². The Morgan fingerprint density at radius 2 is 1.80 bits per heavy atom. The molecular formula is C35H41FN6O3. The summed E-state index contributed by atoms with van der Waals surface area (Å²) in [6.45, 7) is 7.17. The van der Waals surface area contributed by atoms with Gasteiger partial charge in [0, 0.05) is 68.6 Å². The second kappa shape index (κ2) is 14.4. The van der Waals surface area contributed by atoms with E-state index in [4.69, 9.17) is 4.74 Å². The maximum Gasteiger partial charge on any atom is 0.256 e. The number of carbonyl (C=O) groups excluding carboxylic acids is 2. The number of ether oxygens (including phenoxy) is 1. The second-order valence-electron chi connectivity index (χ2n) is 11.3. The predicted molar refractivity (Wildman–Crippen MR) is 175 cm³/mol. The minimum Gasteiger partial charge on any atom is -0.478 e. The summed E-state index contributed by atoms with van der Waals surface area (Å²) in [6.07, 6.45) is 6.06. The van der Waals surface area contributed by atoms with Crippen molar-refractivity contribution in [3.63, 3.8) is 0 Å². The van der Waals surface area contributed by atoms with Gasteiger partial charge in [-0.05, 0) is 87.6 Å². The van der Waals surface area contributed by atoms with Gasteiger partial charge in [-0.25, -0.2) is 9.37 Å². The number of nitrogens with one attached hydrogen (secondary N) is 1. The summed E-state index contributed by atoms with van der Waals surface area (Å²) in [5, 5.41) is 3.08. The van der Waals surface area contributed by atoms with E-state index in [-0.39, 0.29) is 17.9 Å². The number of likely N-dealkylation sites (N-methyl/N-ethyl adjacent to an activating group) is 1. The molecule has 236 valence electrons. The van der Waals surface area contributed by atoms with E-state index in [1.807, 2.05) is 73.3 Å². The number of aromatic nitrogens is 2. The highest BCUT2D eigenvalue weighted by atomic mass is 19.1. The molecule has 0 radical (unpaired) electrons. The van der Waals surface area contributed by atoms with Gasteiger partial charge in [-0.15, -0.1) is 0 Å². The molecule has 0 aliphatic carbocycles. The third-order valence-electron chi connectivity index (χ3n) is 8.07. The third-order valence-corrected chi connectivity index (χ3v) is 8.07. The number of amides is 2. The summed E-state index contributed by atoms with van der Waals surface area (Å²) in [6, 6.07) is 17.6. The molecule has 0 unspecified atom stereocenters. The largest absolute Gasteiger partial charge is 0.478 e. The lowest BCUT2D eigenvalue weighted by Gasteiger charge is -2.43. The number of halogens is 1. The molecule has 1 N–H and O–H groups in total. The van der Waals surface area contributed by atoms with Crippen molar-refractivity contribution in [2.75, 3.05) is 58.3 Å². The first-order valence-electron chi connectivity index (χ1n) is 15.4. The van der Waals surface area contributed by atoms with Crippen molar-refractivity contribution in [1.82, 2.24) is 24.7 Å². The van der Waals surface area contributed by atoms with Crippen LogP contribution < -0.4 is 15.0 Å². The van der Waals surface area contributed by atoms with Crippen LogP contribution in [0.15, 0.2) is 79.3 Å². The van der Waals surface area contributed by atoms with Crippen LogP contribution >= 0.6 is 0 Å². The normalized spacial score (nSPS) is 14.9. The first-order valence-corrected chi connectivity index (χ1v) is 15.4. The molecule has 1 saturated heterocycles. The Morgan fingerprint density at radius 3 is 2.53 bits per heavy atom. The Morgan fingerprint density at radius 1 is 1.00 bits per heavy atom. The molecule has 5 rings (SSSR count). The van der Waals surface area contributed by atoms with E-state index < -0.39 is 5.82 Å². The molecule has 2 aromatic carbocycles. The number of rotatable bonds is 11. The Balaban J connectivity index is 1.45. The van der Waals surface area contributed by atoms with Gasteiger partial charge in [-0.3, -0.25) is 9.59 Å². The minimum absolute atomic E-state index is 0.0327. The maximum absolute atomic E-state index is 14.2. The number of piperazine rings is 1. The van der Waals surface area contributed by atoms with Crippen molar-refractivity contribution in [2.45, 2.75) is 26.3 Å². The van der Waals surface area contributed by atoms with Crippen LogP contribution in [-0.4, -0.2) is 90.6 Å². The van der Waals surface area contributed by atoms with Crippen LogP contribution in [0.4, 0.5) is 10.1 Å². The highest BCUT2D eigenvalue weighted by molar-refractivity contribution is 6.02. The molecule has 2 aromatic heterocycles. The smallest absolute Gasteiger partial charge is 0.256 e. The van der Waals surface area contributed by atoms with E-state index in [9.17, 15) is 14.0 Å². The van der Waals surface area contributed by atoms with E-state index in [1.54, 1.807) is 29.2 Å². The second-order valence-corrected chi connectivity index (χ2v) is 11.3. The van der Waals surface area contributed by atoms with Crippen molar-refractivity contribution in [3.05, 3.63) is 96.2 Å². The first kappa shape index (κ1) is 31.7. The van der Waals surface area contributed by atoms with Gasteiger partial charge >= 0.3 is 0 Å². The predicted octanol–water partition coefficient (Wildman–Crippen LogP) is 5.11. The van der Waals surface area contributed by atoms with Crippen molar-refractivity contribution in [3.8, 4) is 22.7 Å². The van der Waals surface area contributed by atoms with Gasteiger partial charge < -0.3 is 29.3 Å². The van der Waals surface area contributed by atoms with E-state index in [1.165, 1.54) is 12.1 Å². The SMILES string of the molecule is CCOc1ncccc1-c1ccc(N2CCN(C(=O)c3ccc(F)cc3-n3cccc3)C[C@H]2CC)c(C(=O)NCCN(C)C)c1. The Kier molecular flexibility index (Phi) is 10.1. The fourth-order valence-electron chi connectivity index (χ4n) is 5.76. The lowest BCUT2D eigenvalue weighted by atomic mass is 9.99. The molecule has 4 aromatic rings. The summed E-state index contributed by atoms with van der Waals surface area (Å²) in [5.74, 6) is -0.184. The molecule has 1 atom stereocenters. The van der Waals surface area contributed by atoms with Gasteiger partial charge in [-0.2, -0.15) is 0 Å². The lowest BCUT2D eigenvalue weighted by Crippen LogP contribution is -2.55. The molecule has 1 fully saturated rings. The third kappa shape index (κ3) is 7.17. The quantitative estimate of drug-likeness (QED) is 0.254. The van der Waals surface area contributed by atoms with Gasteiger partial charge in [0.1, 0.15) is 5.82 Å². The van der Waals surface area contributed by atoms with Crippen LogP contribution in [0.3, 0.4) is 0 Å². The van der Waals surface area contributed by atoms with E-state index in [2.05, 4.69) is 22.1 Å².